The minimum atomic E-state index is -0.686. The van der Waals surface area contributed by atoms with Crippen molar-refractivity contribution < 1.29 is 14.0 Å². The van der Waals surface area contributed by atoms with Gasteiger partial charge in [0.15, 0.2) is 5.78 Å². The first-order chi connectivity index (χ1) is 17.4. The Morgan fingerprint density at radius 3 is 2.81 bits per heavy atom. The zero-order valence-corrected chi connectivity index (χ0v) is 20.1. The number of aromatic nitrogens is 5. The van der Waals surface area contributed by atoms with Gasteiger partial charge in [0.25, 0.3) is 0 Å². The first-order valence-corrected chi connectivity index (χ1v) is 12.2. The van der Waals surface area contributed by atoms with E-state index < -0.39 is 17.5 Å². The van der Waals surface area contributed by atoms with Gasteiger partial charge in [0.05, 0.1) is 41.6 Å². The highest BCUT2D eigenvalue weighted by atomic mass is 35.5. The van der Waals surface area contributed by atoms with Crippen molar-refractivity contribution >= 4 is 29.5 Å². The van der Waals surface area contributed by atoms with Gasteiger partial charge in [-0.3, -0.25) is 14.6 Å². The standard InChI is InChI=1S/C25H21ClFN7O2/c1-33-19(10-30-32-33)18-9-29-24(31-18)15-11-34-20(36)6-25(2-3-25)23(34)14-7-28-8-16(26)22-13(21(14)15)4-12(35)5-17(22)27/h4-5,8-10,15,23H,2-3,6-7,11H2,1H3,(H,29,31)/t15?,23-/m1/s1. The number of amides is 1. The van der Waals surface area contributed by atoms with E-state index in [1.807, 2.05) is 4.90 Å². The topological polar surface area (TPSA) is 109 Å². The number of imidazole rings is 1. The maximum atomic E-state index is 15.2. The third-order valence-corrected chi connectivity index (χ3v) is 8.27. The second-order valence-corrected chi connectivity index (χ2v) is 10.5. The van der Waals surface area contributed by atoms with E-state index in [2.05, 4.69) is 25.3 Å². The largest absolute Gasteiger partial charge is 0.340 e. The Bertz CT molecular complexity index is 1520. The van der Waals surface area contributed by atoms with Crippen molar-refractivity contribution in [1.29, 1.82) is 0 Å². The second kappa shape index (κ2) is 7.42. The summed E-state index contributed by atoms with van der Waals surface area (Å²) in [6.07, 6.45) is 9.57. The number of hydrogen-bond donors (Lipinski definition) is 1. The Morgan fingerprint density at radius 2 is 2.06 bits per heavy atom. The van der Waals surface area contributed by atoms with Crippen molar-refractivity contribution in [3.05, 3.63) is 63.5 Å². The van der Waals surface area contributed by atoms with Crippen LogP contribution >= 0.6 is 11.6 Å². The summed E-state index contributed by atoms with van der Waals surface area (Å²) in [5.74, 6) is -0.845. The normalized spacial score (nSPS) is 26.5. The third kappa shape index (κ3) is 3.00. The molecule has 2 aromatic rings. The number of carbonyl (C=O) groups excluding carboxylic acids is 2. The average molecular weight is 506 g/mol. The molecule has 1 saturated heterocycles. The predicted octanol–water partition coefficient (Wildman–Crippen LogP) is 2.92. The fourth-order valence-corrected chi connectivity index (χ4v) is 6.53. The summed E-state index contributed by atoms with van der Waals surface area (Å²) in [4.78, 5) is 40.2. The number of rotatable bonds is 2. The molecule has 7 rings (SSSR count). The zero-order valence-electron chi connectivity index (χ0n) is 19.3. The van der Waals surface area contributed by atoms with Crippen LogP contribution in [-0.4, -0.2) is 66.9 Å². The summed E-state index contributed by atoms with van der Waals surface area (Å²) in [5.41, 5.74) is 3.66. The van der Waals surface area contributed by atoms with Gasteiger partial charge in [-0.15, -0.1) is 5.10 Å². The summed E-state index contributed by atoms with van der Waals surface area (Å²) >= 11 is 6.50. The van der Waals surface area contributed by atoms with E-state index in [0.29, 0.717) is 36.6 Å². The average Bonchev–Trinajstić information content (AvgIpc) is 3.14. The number of H-pyrrole nitrogens is 1. The van der Waals surface area contributed by atoms with Crippen LogP contribution in [0.5, 0.6) is 0 Å². The van der Waals surface area contributed by atoms with Gasteiger partial charge in [0.1, 0.15) is 17.3 Å². The lowest BCUT2D eigenvalue weighted by atomic mass is 9.74. The third-order valence-electron chi connectivity index (χ3n) is 7.99. The number of carbonyl (C=O) groups is 2. The highest BCUT2D eigenvalue weighted by molar-refractivity contribution is 6.40. The number of nitrogens with one attached hydrogen (secondary N) is 1. The highest BCUT2D eigenvalue weighted by Crippen LogP contribution is 2.62. The summed E-state index contributed by atoms with van der Waals surface area (Å²) < 4.78 is 16.9. The van der Waals surface area contributed by atoms with Crippen molar-refractivity contribution in [2.24, 2.45) is 17.5 Å². The van der Waals surface area contributed by atoms with Crippen LogP contribution < -0.4 is 0 Å². The number of aliphatic imine (C=N–C) groups is 1. The number of nitrogens with zero attached hydrogens (tertiary/aromatic N) is 6. The summed E-state index contributed by atoms with van der Waals surface area (Å²) in [5, 5.41) is 8.06. The van der Waals surface area contributed by atoms with Crippen LogP contribution in [0.2, 0.25) is 0 Å². The molecule has 2 atom stereocenters. The van der Waals surface area contributed by atoms with Gasteiger partial charge in [-0.1, -0.05) is 16.8 Å². The molecular formula is C25H21ClFN7O2. The van der Waals surface area contributed by atoms with Crippen LogP contribution in [-0.2, 0) is 16.6 Å². The molecule has 5 heterocycles. The van der Waals surface area contributed by atoms with Crippen molar-refractivity contribution in [3.63, 3.8) is 0 Å². The lowest BCUT2D eigenvalue weighted by molar-refractivity contribution is -0.129. The molecule has 9 nitrogen and oxygen atoms in total. The molecule has 36 heavy (non-hydrogen) atoms. The van der Waals surface area contributed by atoms with Crippen molar-refractivity contribution in [2.45, 2.75) is 31.2 Å². The number of aromatic amines is 1. The van der Waals surface area contributed by atoms with E-state index in [0.717, 1.165) is 35.8 Å². The maximum absolute atomic E-state index is 15.2. The molecule has 2 aromatic heterocycles. The molecule has 3 aliphatic heterocycles. The van der Waals surface area contributed by atoms with Crippen molar-refractivity contribution in [3.8, 4) is 11.4 Å². The Balaban J connectivity index is 1.45. The van der Waals surface area contributed by atoms with Gasteiger partial charge < -0.3 is 9.88 Å². The van der Waals surface area contributed by atoms with Crippen LogP contribution in [0.15, 0.2) is 62.7 Å². The van der Waals surface area contributed by atoms with Gasteiger partial charge in [0, 0.05) is 43.3 Å². The molecule has 1 amide bonds. The van der Waals surface area contributed by atoms with Crippen LogP contribution in [0, 0.1) is 5.41 Å². The molecule has 1 spiro atoms. The minimum absolute atomic E-state index is 0.108. The predicted molar refractivity (Wildman–Crippen MR) is 129 cm³/mol. The van der Waals surface area contributed by atoms with Crippen LogP contribution in [0.3, 0.4) is 0 Å². The Morgan fingerprint density at radius 1 is 1.22 bits per heavy atom. The molecule has 0 radical (unpaired) electrons. The summed E-state index contributed by atoms with van der Waals surface area (Å²) in [7, 11) is 1.78. The van der Waals surface area contributed by atoms with E-state index in [1.165, 1.54) is 12.3 Å². The minimum Gasteiger partial charge on any atom is -0.340 e. The Kier molecular flexibility index (Phi) is 4.46. The first kappa shape index (κ1) is 21.6. The SMILES string of the molecule is Cn1nncc1-c1cnc(C2CN3C(=O)CC4(CC4)[C@H]3C3=C2C2=CC(=O)C=C(F)C2=C(Cl)C=NC3)[nH]1. The monoisotopic (exact) mass is 505 g/mol. The maximum Gasteiger partial charge on any atom is 0.223 e. The number of halogens is 2. The molecule has 2 fully saturated rings. The van der Waals surface area contributed by atoms with Gasteiger partial charge in [-0.05, 0) is 35.6 Å². The molecule has 1 N–H and O–H groups in total. The number of ketones is 1. The number of allylic oxidation sites excluding steroid dienone is 6. The molecule has 2 aliphatic carbocycles. The van der Waals surface area contributed by atoms with Crippen molar-refractivity contribution in [1.82, 2.24) is 29.9 Å². The molecule has 0 bridgehead atoms. The van der Waals surface area contributed by atoms with E-state index >= 15 is 4.39 Å². The van der Waals surface area contributed by atoms with Crippen molar-refractivity contribution in [2.75, 3.05) is 13.1 Å². The fourth-order valence-electron chi connectivity index (χ4n) is 6.27. The van der Waals surface area contributed by atoms with Crippen LogP contribution in [0.25, 0.3) is 11.4 Å². The van der Waals surface area contributed by atoms with Gasteiger partial charge in [0.2, 0.25) is 5.91 Å². The number of aryl methyl sites for hydroxylation is 1. The zero-order chi connectivity index (χ0) is 24.8. The fraction of sp³-hybridized carbons (Fsp3) is 0.360. The summed E-state index contributed by atoms with van der Waals surface area (Å²) in [6.45, 7) is 0.674. The van der Waals surface area contributed by atoms with Gasteiger partial charge in [-0.2, -0.15) is 0 Å². The van der Waals surface area contributed by atoms with E-state index in [9.17, 15) is 9.59 Å². The molecule has 5 aliphatic rings. The van der Waals surface area contributed by atoms with E-state index in [-0.39, 0.29) is 28.0 Å². The van der Waals surface area contributed by atoms with Gasteiger partial charge >= 0.3 is 0 Å². The second-order valence-electron chi connectivity index (χ2n) is 10.0. The smallest absolute Gasteiger partial charge is 0.223 e. The van der Waals surface area contributed by atoms with Crippen LogP contribution in [0.1, 0.15) is 31.0 Å². The number of fused-ring (bicyclic) bond motifs is 5. The Hall–Kier alpha value is -3.66. The molecule has 182 valence electrons. The van der Waals surface area contributed by atoms with E-state index in [1.54, 1.807) is 24.1 Å². The molecular weight excluding hydrogens is 485 g/mol. The molecule has 0 aromatic carbocycles. The highest BCUT2D eigenvalue weighted by Gasteiger charge is 2.62. The number of hydrogen-bond acceptors (Lipinski definition) is 6. The quantitative estimate of drug-likeness (QED) is 0.675. The first-order valence-electron chi connectivity index (χ1n) is 11.8. The van der Waals surface area contributed by atoms with Gasteiger partial charge in [-0.25, -0.2) is 14.1 Å². The Labute approximate surface area is 210 Å². The summed E-state index contributed by atoms with van der Waals surface area (Å²) in [6, 6.07) is -0.132. The lowest BCUT2D eigenvalue weighted by Gasteiger charge is -2.42. The molecule has 11 heteroatoms. The molecule has 1 unspecified atom stereocenters. The van der Waals surface area contributed by atoms with Crippen LogP contribution in [0.4, 0.5) is 4.39 Å². The lowest BCUT2D eigenvalue weighted by Crippen LogP contribution is -2.46. The molecule has 1 saturated carbocycles. The van der Waals surface area contributed by atoms with E-state index in [4.69, 9.17) is 11.6 Å².